The first kappa shape index (κ1) is 18.3. The Balaban J connectivity index is 1.76. The van der Waals surface area contributed by atoms with E-state index in [1.165, 1.54) is 0 Å². The van der Waals surface area contributed by atoms with Gasteiger partial charge in [-0.25, -0.2) is 0 Å². The molecule has 0 saturated carbocycles. The van der Waals surface area contributed by atoms with Crippen molar-refractivity contribution in [3.05, 3.63) is 102 Å². The Morgan fingerprint density at radius 1 is 0.846 bits per heavy atom. The van der Waals surface area contributed by atoms with Gasteiger partial charge in [-0.3, -0.25) is 4.18 Å². The second-order valence-corrected chi connectivity index (χ2v) is 6.77. The van der Waals surface area contributed by atoms with E-state index >= 15 is 0 Å². The maximum atomic E-state index is 12.2. The van der Waals surface area contributed by atoms with Crippen LogP contribution in [-0.2, 0) is 21.1 Å². The summed E-state index contributed by atoms with van der Waals surface area (Å²) in [5, 5.41) is 11.3. The van der Waals surface area contributed by atoms with Crippen molar-refractivity contribution in [1.82, 2.24) is 0 Å². The molecule has 0 amide bonds. The zero-order valence-corrected chi connectivity index (χ0v) is 15.2. The maximum Gasteiger partial charge on any atom is 0.360 e. The number of aryl methyl sites for hydroxylation is 1. The molecule has 0 heterocycles. The third-order valence-corrected chi connectivity index (χ3v) is 4.69. The maximum absolute atomic E-state index is 12.2. The topological polar surface area (TPSA) is 55.8 Å². The fourth-order valence-electron chi connectivity index (χ4n) is 2.59. The lowest BCUT2D eigenvalue weighted by molar-refractivity contribution is 0.0298. The molecular weight excluding hydrogens is 348 g/mol. The van der Waals surface area contributed by atoms with Crippen molar-refractivity contribution >= 4 is 11.4 Å². The molecule has 3 rings (SSSR count). The van der Waals surface area contributed by atoms with Crippen LogP contribution in [0.2, 0.25) is 0 Å². The van der Waals surface area contributed by atoms with Gasteiger partial charge in [0.25, 0.3) is 0 Å². The number of aliphatic hydroxyl groups is 1. The zero-order valence-electron chi connectivity index (χ0n) is 14.4. The highest BCUT2D eigenvalue weighted by atomic mass is 32.2. The van der Waals surface area contributed by atoms with Crippen molar-refractivity contribution in [2.75, 3.05) is 6.61 Å². The normalized spacial score (nSPS) is 12.5. The van der Waals surface area contributed by atoms with Crippen LogP contribution in [-0.4, -0.2) is 15.9 Å². The van der Waals surface area contributed by atoms with Gasteiger partial charge in [-0.15, -0.1) is 0 Å². The largest absolute Gasteiger partial charge is 0.380 e. The minimum atomic E-state index is -2.03. The van der Waals surface area contributed by atoms with Crippen LogP contribution >= 0.6 is 0 Å². The standard InChI is InChI=1S/C21H20O4S/c1-17-12-14-20(15-13-17)25-26(23)24-16-21(22,18-8-4-2-5-9-18)19-10-6-3-7-11-19/h2-15,22H,16H2,1H3. The van der Waals surface area contributed by atoms with Crippen LogP contribution in [0, 0.1) is 6.92 Å². The van der Waals surface area contributed by atoms with Crippen LogP contribution < -0.4 is 4.18 Å². The highest BCUT2D eigenvalue weighted by Gasteiger charge is 2.33. The molecule has 1 N–H and O–H groups in total. The fraction of sp³-hybridized carbons (Fsp3) is 0.143. The van der Waals surface area contributed by atoms with Gasteiger partial charge in [0, 0.05) is 0 Å². The third kappa shape index (κ3) is 4.38. The van der Waals surface area contributed by atoms with Crippen LogP contribution in [0.3, 0.4) is 0 Å². The van der Waals surface area contributed by atoms with Crippen LogP contribution in [0.25, 0.3) is 0 Å². The van der Waals surface area contributed by atoms with E-state index in [0.717, 1.165) is 5.56 Å². The summed E-state index contributed by atoms with van der Waals surface area (Å²) < 4.78 is 22.8. The third-order valence-electron chi connectivity index (χ3n) is 4.05. The molecule has 0 aliphatic heterocycles. The summed E-state index contributed by atoms with van der Waals surface area (Å²) in [5.41, 5.74) is 0.943. The van der Waals surface area contributed by atoms with Crippen molar-refractivity contribution in [1.29, 1.82) is 0 Å². The number of benzene rings is 3. The van der Waals surface area contributed by atoms with Crippen molar-refractivity contribution < 1.29 is 17.7 Å². The molecule has 1 atom stereocenters. The minimum absolute atomic E-state index is 0.209. The molecule has 4 nitrogen and oxygen atoms in total. The Labute approximate surface area is 155 Å². The monoisotopic (exact) mass is 368 g/mol. The van der Waals surface area contributed by atoms with Gasteiger partial charge in [-0.1, -0.05) is 78.4 Å². The van der Waals surface area contributed by atoms with Crippen molar-refractivity contribution in [2.24, 2.45) is 0 Å². The molecule has 0 aliphatic carbocycles. The molecule has 1 unspecified atom stereocenters. The molecule has 3 aromatic rings. The van der Waals surface area contributed by atoms with E-state index in [4.69, 9.17) is 8.37 Å². The van der Waals surface area contributed by atoms with Gasteiger partial charge in [0.1, 0.15) is 18.0 Å². The van der Waals surface area contributed by atoms with Crippen LogP contribution in [0.15, 0.2) is 84.9 Å². The molecule has 0 spiro atoms. The van der Waals surface area contributed by atoms with Crippen molar-refractivity contribution in [3.8, 4) is 5.75 Å². The lowest BCUT2D eigenvalue weighted by atomic mass is 9.87. The van der Waals surface area contributed by atoms with Crippen molar-refractivity contribution in [2.45, 2.75) is 12.5 Å². The summed E-state index contributed by atoms with van der Waals surface area (Å²) in [6, 6.07) is 25.5. The molecule has 26 heavy (non-hydrogen) atoms. The lowest BCUT2D eigenvalue weighted by Gasteiger charge is -2.28. The van der Waals surface area contributed by atoms with Gasteiger partial charge in [0.15, 0.2) is 0 Å². The predicted molar refractivity (Wildman–Crippen MR) is 102 cm³/mol. The van der Waals surface area contributed by atoms with Crippen molar-refractivity contribution in [3.63, 3.8) is 0 Å². The average Bonchev–Trinajstić information content (AvgIpc) is 2.69. The van der Waals surface area contributed by atoms with Crippen LogP contribution in [0.5, 0.6) is 5.75 Å². The molecular formula is C21H20O4S. The Bertz CT molecular complexity index is 809. The zero-order chi connectivity index (χ0) is 18.4. The number of rotatable bonds is 7. The van der Waals surface area contributed by atoms with Gasteiger partial charge >= 0.3 is 11.4 Å². The van der Waals surface area contributed by atoms with E-state index in [0.29, 0.717) is 16.9 Å². The highest BCUT2D eigenvalue weighted by Crippen LogP contribution is 2.30. The van der Waals surface area contributed by atoms with Gasteiger partial charge in [-0.05, 0) is 30.2 Å². The van der Waals surface area contributed by atoms with Gasteiger partial charge in [0.2, 0.25) is 0 Å². The molecule has 0 aromatic heterocycles. The van der Waals surface area contributed by atoms with E-state index in [1.807, 2.05) is 55.5 Å². The molecule has 0 bridgehead atoms. The van der Waals surface area contributed by atoms with E-state index in [-0.39, 0.29) is 6.61 Å². The van der Waals surface area contributed by atoms with Gasteiger partial charge < -0.3 is 9.29 Å². The second-order valence-electron chi connectivity index (χ2n) is 5.96. The van der Waals surface area contributed by atoms with Gasteiger partial charge in [-0.2, -0.15) is 4.21 Å². The predicted octanol–water partition coefficient (Wildman–Crippen LogP) is 3.91. The van der Waals surface area contributed by atoms with E-state index in [2.05, 4.69) is 0 Å². The SMILES string of the molecule is Cc1ccc(OS(=O)OCC(O)(c2ccccc2)c2ccccc2)cc1. The summed E-state index contributed by atoms with van der Waals surface area (Å²) in [6.45, 7) is 1.75. The Morgan fingerprint density at radius 3 is 1.85 bits per heavy atom. The molecule has 0 saturated heterocycles. The Morgan fingerprint density at radius 2 is 1.35 bits per heavy atom. The molecule has 0 fully saturated rings. The first-order valence-electron chi connectivity index (χ1n) is 8.21. The molecule has 134 valence electrons. The molecule has 0 radical (unpaired) electrons. The first-order valence-corrected chi connectivity index (χ1v) is 9.21. The van der Waals surface area contributed by atoms with E-state index in [1.54, 1.807) is 36.4 Å². The second kappa shape index (κ2) is 8.27. The summed E-state index contributed by atoms with van der Waals surface area (Å²) in [6.07, 6.45) is 0. The number of hydrogen-bond donors (Lipinski definition) is 1. The van der Waals surface area contributed by atoms with Gasteiger partial charge in [0.05, 0.1) is 0 Å². The molecule has 3 aromatic carbocycles. The van der Waals surface area contributed by atoms with Crippen LogP contribution in [0.4, 0.5) is 0 Å². The smallest absolute Gasteiger partial charge is 0.360 e. The lowest BCUT2D eigenvalue weighted by Crippen LogP contribution is -2.33. The fourth-order valence-corrected chi connectivity index (χ4v) is 3.17. The molecule has 0 aliphatic rings. The van der Waals surface area contributed by atoms with E-state index < -0.39 is 17.0 Å². The summed E-state index contributed by atoms with van der Waals surface area (Å²) in [4.78, 5) is 0. The first-order chi connectivity index (χ1) is 12.6. The molecule has 5 heteroatoms. The minimum Gasteiger partial charge on any atom is -0.380 e. The summed E-state index contributed by atoms with van der Waals surface area (Å²) in [7, 11) is 0. The highest BCUT2D eigenvalue weighted by molar-refractivity contribution is 7.75. The van der Waals surface area contributed by atoms with Crippen LogP contribution in [0.1, 0.15) is 16.7 Å². The average molecular weight is 368 g/mol. The quantitative estimate of drug-likeness (QED) is 0.687. The number of hydrogen-bond acceptors (Lipinski definition) is 4. The van der Waals surface area contributed by atoms with E-state index in [9.17, 15) is 9.32 Å². The Kier molecular flexibility index (Phi) is 5.83. The summed E-state index contributed by atoms with van der Waals surface area (Å²) in [5.74, 6) is 0.442. The Hall–Kier alpha value is -2.47. The summed E-state index contributed by atoms with van der Waals surface area (Å²) >= 11 is -2.03.